The van der Waals surface area contributed by atoms with Crippen molar-refractivity contribution < 1.29 is 4.42 Å². The average molecular weight is 286 g/mol. The van der Waals surface area contributed by atoms with Gasteiger partial charge < -0.3 is 10.2 Å². The van der Waals surface area contributed by atoms with Gasteiger partial charge in [-0.25, -0.2) is 0 Å². The molecule has 1 aromatic heterocycles. The quantitative estimate of drug-likeness (QED) is 0.925. The van der Waals surface area contributed by atoms with Crippen molar-refractivity contribution >= 4 is 11.0 Å². The zero-order chi connectivity index (χ0) is 14.7. The Morgan fingerprint density at radius 2 is 2.14 bits per heavy atom. The Morgan fingerprint density at radius 1 is 1.29 bits per heavy atom. The van der Waals surface area contributed by atoms with Crippen molar-refractivity contribution in [2.75, 3.05) is 19.6 Å². The normalized spacial score (nSPS) is 22.3. The van der Waals surface area contributed by atoms with Crippen LogP contribution in [0, 0.1) is 5.92 Å². The Labute approximate surface area is 127 Å². The lowest BCUT2D eigenvalue weighted by molar-refractivity contribution is 0.186. The molecule has 0 radical (unpaired) electrons. The van der Waals surface area contributed by atoms with E-state index in [1.807, 2.05) is 12.1 Å². The van der Waals surface area contributed by atoms with Crippen LogP contribution in [0.1, 0.15) is 44.4 Å². The van der Waals surface area contributed by atoms with Gasteiger partial charge in [-0.05, 0) is 50.4 Å². The summed E-state index contributed by atoms with van der Waals surface area (Å²) in [4.78, 5) is 2.52. The van der Waals surface area contributed by atoms with Gasteiger partial charge >= 0.3 is 0 Å². The fourth-order valence-electron chi connectivity index (χ4n) is 3.52. The molecule has 0 amide bonds. The SMILES string of the molecule is CCC1CCCN(C(CN)c2cc3ccccc3o2)CC1. The van der Waals surface area contributed by atoms with Gasteiger partial charge in [0.25, 0.3) is 0 Å². The molecule has 2 atom stereocenters. The second kappa shape index (κ2) is 6.63. The number of hydrogen-bond acceptors (Lipinski definition) is 3. The lowest BCUT2D eigenvalue weighted by Gasteiger charge is -2.28. The molecular formula is C18H26N2O. The molecule has 0 spiro atoms. The Bertz CT molecular complexity index is 544. The van der Waals surface area contributed by atoms with E-state index in [9.17, 15) is 0 Å². The molecule has 2 aromatic rings. The lowest BCUT2D eigenvalue weighted by Crippen LogP contribution is -2.34. The Balaban J connectivity index is 1.80. The second-order valence-electron chi connectivity index (χ2n) is 6.18. The van der Waals surface area contributed by atoms with E-state index in [0.717, 1.165) is 30.4 Å². The number of furan rings is 1. The van der Waals surface area contributed by atoms with Gasteiger partial charge in [-0.15, -0.1) is 0 Å². The molecule has 1 aliphatic rings. The highest BCUT2D eigenvalue weighted by atomic mass is 16.3. The number of nitrogens with zero attached hydrogens (tertiary/aromatic N) is 1. The summed E-state index contributed by atoms with van der Waals surface area (Å²) < 4.78 is 6.05. The van der Waals surface area contributed by atoms with E-state index in [1.54, 1.807) is 0 Å². The van der Waals surface area contributed by atoms with Gasteiger partial charge in [0, 0.05) is 11.9 Å². The van der Waals surface area contributed by atoms with Crippen molar-refractivity contribution in [1.29, 1.82) is 0 Å². The van der Waals surface area contributed by atoms with Crippen molar-refractivity contribution in [3.8, 4) is 0 Å². The number of rotatable bonds is 4. The highest BCUT2D eigenvalue weighted by molar-refractivity contribution is 5.77. The first kappa shape index (κ1) is 14.6. The van der Waals surface area contributed by atoms with Crippen LogP contribution in [0.25, 0.3) is 11.0 Å². The van der Waals surface area contributed by atoms with E-state index in [1.165, 1.54) is 31.1 Å². The number of benzene rings is 1. The molecule has 2 unspecified atom stereocenters. The van der Waals surface area contributed by atoms with E-state index in [4.69, 9.17) is 10.2 Å². The topological polar surface area (TPSA) is 42.4 Å². The zero-order valence-electron chi connectivity index (χ0n) is 12.9. The standard InChI is InChI=1S/C18H26N2O/c1-2-14-6-5-10-20(11-9-14)16(13-19)18-12-15-7-3-4-8-17(15)21-18/h3-4,7-8,12,14,16H,2,5-6,9-11,13,19H2,1H3. The molecule has 1 saturated heterocycles. The van der Waals surface area contributed by atoms with Crippen molar-refractivity contribution in [3.63, 3.8) is 0 Å². The second-order valence-corrected chi connectivity index (χ2v) is 6.18. The maximum absolute atomic E-state index is 6.07. The average Bonchev–Trinajstić information content (AvgIpc) is 2.79. The first-order valence-electron chi connectivity index (χ1n) is 8.24. The molecule has 21 heavy (non-hydrogen) atoms. The molecule has 1 fully saturated rings. The van der Waals surface area contributed by atoms with E-state index >= 15 is 0 Å². The van der Waals surface area contributed by atoms with Gasteiger partial charge in [-0.3, -0.25) is 4.90 Å². The highest BCUT2D eigenvalue weighted by Gasteiger charge is 2.25. The molecule has 0 aliphatic carbocycles. The molecule has 0 bridgehead atoms. The van der Waals surface area contributed by atoms with Crippen LogP contribution in [0.5, 0.6) is 0 Å². The summed E-state index contributed by atoms with van der Waals surface area (Å²) in [5.41, 5.74) is 7.04. The van der Waals surface area contributed by atoms with Gasteiger partial charge in [0.1, 0.15) is 11.3 Å². The summed E-state index contributed by atoms with van der Waals surface area (Å²) in [5, 5.41) is 1.17. The van der Waals surface area contributed by atoms with Crippen LogP contribution in [0.2, 0.25) is 0 Å². The fraction of sp³-hybridized carbons (Fsp3) is 0.556. The Morgan fingerprint density at radius 3 is 2.90 bits per heavy atom. The van der Waals surface area contributed by atoms with E-state index in [-0.39, 0.29) is 6.04 Å². The first-order chi connectivity index (χ1) is 10.3. The molecule has 114 valence electrons. The summed E-state index contributed by atoms with van der Waals surface area (Å²) >= 11 is 0. The molecule has 1 aromatic carbocycles. The number of hydrogen-bond donors (Lipinski definition) is 1. The van der Waals surface area contributed by atoms with Gasteiger partial charge in [0.15, 0.2) is 0 Å². The third-order valence-electron chi connectivity index (χ3n) is 4.90. The summed E-state index contributed by atoms with van der Waals surface area (Å²) in [6.45, 7) is 5.20. The van der Waals surface area contributed by atoms with Crippen LogP contribution in [-0.2, 0) is 0 Å². The highest BCUT2D eigenvalue weighted by Crippen LogP contribution is 2.30. The third kappa shape index (κ3) is 3.14. The molecule has 3 nitrogen and oxygen atoms in total. The third-order valence-corrected chi connectivity index (χ3v) is 4.90. The van der Waals surface area contributed by atoms with Crippen molar-refractivity contribution in [3.05, 3.63) is 36.1 Å². The first-order valence-corrected chi connectivity index (χ1v) is 8.24. The maximum Gasteiger partial charge on any atom is 0.134 e. The smallest absolute Gasteiger partial charge is 0.134 e. The number of fused-ring (bicyclic) bond motifs is 1. The van der Waals surface area contributed by atoms with Crippen LogP contribution in [-0.4, -0.2) is 24.5 Å². The van der Waals surface area contributed by atoms with Crippen molar-refractivity contribution in [2.45, 2.75) is 38.6 Å². The summed E-state index contributed by atoms with van der Waals surface area (Å²) in [6, 6.07) is 10.6. The summed E-state index contributed by atoms with van der Waals surface area (Å²) in [7, 11) is 0. The minimum absolute atomic E-state index is 0.216. The van der Waals surface area contributed by atoms with Gasteiger partial charge in [0.05, 0.1) is 6.04 Å². The predicted molar refractivity (Wildman–Crippen MR) is 87.2 cm³/mol. The van der Waals surface area contributed by atoms with Gasteiger partial charge in [-0.2, -0.15) is 0 Å². The maximum atomic E-state index is 6.07. The lowest BCUT2D eigenvalue weighted by atomic mass is 9.98. The van der Waals surface area contributed by atoms with E-state index in [0.29, 0.717) is 6.54 Å². The summed E-state index contributed by atoms with van der Waals surface area (Å²) in [5.74, 6) is 1.90. The largest absolute Gasteiger partial charge is 0.459 e. The van der Waals surface area contributed by atoms with Crippen molar-refractivity contribution in [1.82, 2.24) is 4.90 Å². The zero-order valence-corrected chi connectivity index (χ0v) is 12.9. The molecule has 3 heteroatoms. The molecule has 2 N–H and O–H groups in total. The number of nitrogens with two attached hydrogens (primary N) is 1. The molecule has 2 heterocycles. The van der Waals surface area contributed by atoms with E-state index < -0.39 is 0 Å². The molecule has 0 saturated carbocycles. The van der Waals surface area contributed by atoms with Gasteiger partial charge in [0.2, 0.25) is 0 Å². The van der Waals surface area contributed by atoms with Crippen LogP contribution < -0.4 is 5.73 Å². The Kier molecular flexibility index (Phi) is 4.61. The van der Waals surface area contributed by atoms with Crippen LogP contribution in [0.15, 0.2) is 34.7 Å². The van der Waals surface area contributed by atoms with E-state index in [2.05, 4.69) is 30.0 Å². The van der Waals surface area contributed by atoms with Crippen LogP contribution in [0.4, 0.5) is 0 Å². The number of likely N-dealkylation sites (tertiary alicyclic amines) is 1. The number of para-hydroxylation sites is 1. The monoisotopic (exact) mass is 286 g/mol. The minimum atomic E-state index is 0.216. The minimum Gasteiger partial charge on any atom is -0.459 e. The summed E-state index contributed by atoms with van der Waals surface area (Å²) in [6.07, 6.45) is 5.21. The van der Waals surface area contributed by atoms with Crippen LogP contribution in [0.3, 0.4) is 0 Å². The Hall–Kier alpha value is -1.32. The van der Waals surface area contributed by atoms with Crippen molar-refractivity contribution in [2.24, 2.45) is 11.7 Å². The molecule has 3 rings (SSSR count). The van der Waals surface area contributed by atoms with Crippen LogP contribution >= 0.6 is 0 Å². The molecule has 1 aliphatic heterocycles. The van der Waals surface area contributed by atoms with Gasteiger partial charge in [-0.1, -0.05) is 31.5 Å². The molecular weight excluding hydrogens is 260 g/mol. The predicted octanol–water partition coefficient (Wildman–Crippen LogP) is 3.94. The fourth-order valence-corrected chi connectivity index (χ4v) is 3.52.